The normalized spacial score (nSPS) is 11.1. The van der Waals surface area contributed by atoms with Crippen molar-refractivity contribution in [1.82, 2.24) is 9.97 Å². The number of carbonyl (C=O) groups is 1. The first-order valence-electron chi connectivity index (χ1n) is 5.36. The van der Waals surface area contributed by atoms with Crippen LogP contribution in [0.15, 0.2) is 6.07 Å². The molecular formula is C12H18N2O3. The molecule has 1 rings (SSSR count). The number of hydrogen-bond acceptors (Lipinski definition) is 5. The molecule has 0 atom stereocenters. The van der Waals surface area contributed by atoms with Crippen LogP contribution >= 0.6 is 0 Å². The summed E-state index contributed by atoms with van der Waals surface area (Å²) in [4.78, 5) is 20.0. The number of hydrogen-bond donors (Lipinski definition) is 0. The van der Waals surface area contributed by atoms with Crippen LogP contribution in [0.4, 0.5) is 0 Å². The first-order chi connectivity index (χ1) is 7.86. The summed E-state index contributed by atoms with van der Waals surface area (Å²) in [5.74, 6) is 0.508. The van der Waals surface area contributed by atoms with E-state index in [1.54, 1.807) is 6.07 Å². The van der Waals surface area contributed by atoms with E-state index in [1.165, 1.54) is 14.2 Å². The SMILES string of the molecule is COc1cc(CC(=O)C(C)(C)C)nc(OC)n1. The van der Waals surface area contributed by atoms with Gasteiger partial charge in [0.05, 0.1) is 19.9 Å². The molecule has 0 N–H and O–H groups in total. The summed E-state index contributed by atoms with van der Waals surface area (Å²) >= 11 is 0. The highest BCUT2D eigenvalue weighted by atomic mass is 16.5. The maximum absolute atomic E-state index is 11.9. The molecule has 1 aromatic heterocycles. The van der Waals surface area contributed by atoms with E-state index in [2.05, 4.69) is 9.97 Å². The molecule has 0 aliphatic rings. The van der Waals surface area contributed by atoms with Crippen molar-refractivity contribution >= 4 is 5.78 Å². The summed E-state index contributed by atoms with van der Waals surface area (Å²) < 4.78 is 9.97. The van der Waals surface area contributed by atoms with Crippen molar-refractivity contribution in [3.05, 3.63) is 11.8 Å². The van der Waals surface area contributed by atoms with Gasteiger partial charge in [-0.05, 0) is 0 Å². The summed E-state index contributed by atoms with van der Waals surface area (Å²) in [7, 11) is 2.99. The Hall–Kier alpha value is -1.65. The zero-order valence-electron chi connectivity index (χ0n) is 10.9. The van der Waals surface area contributed by atoms with Gasteiger partial charge in [-0.25, -0.2) is 0 Å². The Bertz CT molecular complexity index is 388. The Balaban J connectivity index is 2.94. The van der Waals surface area contributed by atoms with Gasteiger partial charge in [-0.2, -0.15) is 9.97 Å². The lowest BCUT2D eigenvalue weighted by atomic mass is 9.88. The van der Waals surface area contributed by atoms with Crippen LogP contribution in [0, 0.1) is 5.41 Å². The van der Waals surface area contributed by atoms with Gasteiger partial charge in [0.15, 0.2) is 0 Å². The van der Waals surface area contributed by atoms with E-state index in [4.69, 9.17) is 9.47 Å². The van der Waals surface area contributed by atoms with Crippen LogP contribution < -0.4 is 9.47 Å². The lowest BCUT2D eigenvalue weighted by molar-refractivity contribution is -0.125. The van der Waals surface area contributed by atoms with Gasteiger partial charge in [0, 0.05) is 17.9 Å². The van der Waals surface area contributed by atoms with E-state index < -0.39 is 0 Å². The highest BCUT2D eigenvalue weighted by Crippen LogP contribution is 2.19. The molecule has 0 amide bonds. The number of Topliss-reactive ketones (excluding diaryl/α,β-unsaturated/α-hetero) is 1. The van der Waals surface area contributed by atoms with Gasteiger partial charge < -0.3 is 9.47 Å². The summed E-state index contributed by atoms with van der Waals surface area (Å²) in [6.07, 6.45) is 0.249. The molecule has 0 aliphatic carbocycles. The minimum Gasteiger partial charge on any atom is -0.481 e. The quantitative estimate of drug-likeness (QED) is 0.798. The maximum atomic E-state index is 11.9. The van der Waals surface area contributed by atoms with Gasteiger partial charge >= 0.3 is 6.01 Å². The fourth-order valence-electron chi connectivity index (χ4n) is 1.17. The highest BCUT2D eigenvalue weighted by molar-refractivity contribution is 5.85. The van der Waals surface area contributed by atoms with Crippen molar-refractivity contribution in [2.24, 2.45) is 5.41 Å². The summed E-state index contributed by atoms with van der Waals surface area (Å²) in [6, 6.07) is 1.85. The predicted octanol–water partition coefficient (Wildman–Crippen LogP) is 1.65. The highest BCUT2D eigenvalue weighted by Gasteiger charge is 2.22. The number of aromatic nitrogens is 2. The van der Waals surface area contributed by atoms with Gasteiger partial charge in [0.1, 0.15) is 5.78 Å². The van der Waals surface area contributed by atoms with Crippen LogP contribution in [0.5, 0.6) is 11.9 Å². The van der Waals surface area contributed by atoms with E-state index in [1.807, 2.05) is 20.8 Å². The molecule has 5 heteroatoms. The fraction of sp³-hybridized carbons (Fsp3) is 0.583. The first kappa shape index (κ1) is 13.4. The Labute approximate surface area is 101 Å². The largest absolute Gasteiger partial charge is 0.481 e. The second-order valence-electron chi connectivity index (χ2n) is 4.74. The third kappa shape index (κ3) is 3.69. The molecule has 0 spiro atoms. The van der Waals surface area contributed by atoms with Crippen LogP contribution in [0.1, 0.15) is 26.5 Å². The lowest BCUT2D eigenvalue weighted by Gasteiger charge is -2.16. The Morgan fingerprint density at radius 3 is 2.35 bits per heavy atom. The van der Waals surface area contributed by atoms with E-state index >= 15 is 0 Å². The fourth-order valence-corrected chi connectivity index (χ4v) is 1.17. The van der Waals surface area contributed by atoms with Crippen LogP contribution in [-0.2, 0) is 11.2 Å². The molecule has 1 aromatic rings. The Kier molecular flexibility index (Phi) is 4.04. The summed E-state index contributed by atoms with van der Waals surface area (Å²) in [5.41, 5.74) is 0.222. The zero-order chi connectivity index (χ0) is 13.1. The average molecular weight is 238 g/mol. The number of ether oxygens (including phenoxy) is 2. The molecular weight excluding hydrogens is 220 g/mol. The number of carbonyl (C=O) groups excluding carboxylic acids is 1. The minimum absolute atomic E-state index is 0.111. The molecule has 0 bridgehead atoms. The molecule has 5 nitrogen and oxygen atoms in total. The minimum atomic E-state index is -0.384. The van der Waals surface area contributed by atoms with Crippen LogP contribution in [0.25, 0.3) is 0 Å². The standard InChI is InChI=1S/C12H18N2O3/c1-12(2,3)9(15)6-8-7-10(16-4)14-11(13-8)17-5/h7H,6H2,1-5H3. The van der Waals surface area contributed by atoms with Crippen molar-refractivity contribution in [3.63, 3.8) is 0 Å². The van der Waals surface area contributed by atoms with E-state index in [-0.39, 0.29) is 23.6 Å². The van der Waals surface area contributed by atoms with Gasteiger partial charge in [-0.1, -0.05) is 20.8 Å². The Morgan fingerprint density at radius 1 is 1.24 bits per heavy atom. The summed E-state index contributed by atoms with van der Waals surface area (Å²) in [6.45, 7) is 5.64. The van der Waals surface area contributed by atoms with Crippen molar-refractivity contribution < 1.29 is 14.3 Å². The van der Waals surface area contributed by atoms with Gasteiger partial charge in [0.2, 0.25) is 5.88 Å². The number of nitrogens with zero attached hydrogens (tertiary/aromatic N) is 2. The lowest BCUT2D eigenvalue weighted by Crippen LogP contribution is -2.22. The molecule has 0 saturated carbocycles. The number of rotatable bonds is 4. The molecule has 94 valence electrons. The third-order valence-corrected chi connectivity index (χ3v) is 2.31. The molecule has 17 heavy (non-hydrogen) atoms. The number of ketones is 1. The van der Waals surface area contributed by atoms with Crippen molar-refractivity contribution in [2.45, 2.75) is 27.2 Å². The van der Waals surface area contributed by atoms with E-state index in [9.17, 15) is 4.79 Å². The third-order valence-electron chi connectivity index (χ3n) is 2.31. The second kappa shape index (κ2) is 5.12. The van der Waals surface area contributed by atoms with Crippen LogP contribution in [-0.4, -0.2) is 30.0 Å². The van der Waals surface area contributed by atoms with E-state index in [0.29, 0.717) is 11.6 Å². The van der Waals surface area contributed by atoms with Gasteiger partial charge in [0.25, 0.3) is 0 Å². The second-order valence-corrected chi connectivity index (χ2v) is 4.74. The first-order valence-corrected chi connectivity index (χ1v) is 5.36. The monoisotopic (exact) mass is 238 g/mol. The summed E-state index contributed by atoms with van der Waals surface area (Å²) in [5, 5.41) is 0. The van der Waals surface area contributed by atoms with Crippen LogP contribution in [0.2, 0.25) is 0 Å². The predicted molar refractivity (Wildman–Crippen MR) is 63.3 cm³/mol. The molecule has 0 radical (unpaired) electrons. The smallest absolute Gasteiger partial charge is 0.319 e. The molecule has 0 unspecified atom stereocenters. The average Bonchev–Trinajstić information content (AvgIpc) is 2.27. The van der Waals surface area contributed by atoms with Crippen molar-refractivity contribution in [2.75, 3.05) is 14.2 Å². The molecule has 0 saturated heterocycles. The molecule has 0 aliphatic heterocycles. The molecule has 0 aromatic carbocycles. The molecule has 0 fully saturated rings. The van der Waals surface area contributed by atoms with Crippen molar-refractivity contribution in [1.29, 1.82) is 0 Å². The Morgan fingerprint density at radius 2 is 1.88 bits per heavy atom. The maximum Gasteiger partial charge on any atom is 0.319 e. The van der Waals surface area contributed by atoms with Crippen LogP contribution in [0.3, 0.4) is 0 Å². The van der Waals surface area contributed by atoms with Crippen molar-refractivity contribution in [3.8, 4) is 11.9 Å². The van der Waals surface area contributed by atoms with E-state index in [0.717, 1.165) is 0 Å². The molecule has 1 heterocycles. The number of methoxy groups -OCH3 is 2. The topological polar surface area (TPSA) is 61.3 Å². The van der Waals surface area contributed by atoms with Gasteiger partial charge in [-0.15, -0.1) is 0 Å². The van der Waals surface area contributed by atoms with Gasteiger partial charge in [-0.3, -0.25) is 4.79 Å². The zero-order valence-corrected chi connectivity index (χ0v) is 10.9.